The zero-order chi connectivity index (χ0) is 24.9. The van der Waals surface area contributed by atoms with Crippen LogP contribution >= 0.6 is 0 Å². The Hall–Kier alpha value is -2.70. The van der Waals surface area contributed by atoms with Crippen molar-refractivity contribution in [3.05, 3.63) is 71.3 Å². The number of nitrogens with one attached hydrogen (secondary N) is 2. The van der Waals surface area contributed by atoms with E-state index in [1.807, 2.05) is 96.1 Å². The molecule has 0 aliphatic carbocycles. The van der Waals surface area contributed by atoms with Crippen LogP contribution in [0.3, 0.4) is 0 Å². The predicted molar refractivity (Wildman–Crippen MR) is 130 cm³/mol. The van der Waals surface area contributed by atoms with Crippen LogP contribution in [0.15, 0.2) is 54.6 Å². The molecule has 0 heterocycles. The minimum absolute atomic E-state index is 0.131. The molecule has 1 unspecified atom stereocenters. The molecule has 2 rings (SSSR count). The Morgan fingerprint density at radius 1 is 0.848 bits per heavy atom. The summed E-state index contributed by atoms with van der Waals surface area (Å²) in [5, 5.41) is 25.7. The fourth-order valence-electron chi connectivity index (χ4n) is 3.50. The SMILES string of the molecule is CC(C)(C)C(=O)N[C@H](CO)c1ccc(CC(C)(C)C(=O)NC(C)(CO)c2ccccc2)cc1. The highest BCUT2D eigenvalue weighted by Crippen LogP contribution is 2.27. The number of aliphatic hydroxyl groups excluding tert-OH is 2. The summed E-state index contributed by atoms with van der Waals surface area (Å²) in [4.78, 5) is 25.4. The summed E-state index contributed by atoms with van der Waals surface area (Å²) in [5.41, 5.74) is 0.463. The van der Waals surface area contributed by atoms with Gasteiger partial charge in [-0.3, -0.25) is 9.59 Å². The van der Waals surface area contributed by atoms with Gasteiger partial charge in [-0.2, -0.15) is 0 Å². The molecule has 180 valence electrons. The van der Waals surface area contributed by atoms with Crippen LogP contribution in [0.25, 0.3) is 0 Å². The average molecular weight is 455 g/mol. The normalized spacial score (nSPS) is 14.8. The molecular formula is C27H38N2O4. The van der Waals surface area contributed by atoms with E-state index in [-0.39, 0.29) is 25.0 Å². The summed E-state index contributed by atoms with van der Waals surface area (Å²) in [5.74, 6) is -0.286. The highest BCUT2D eigenvalue weighted by Gasteiger charge is 2.35. The topological polar surface area (TPSA) is 98.7 Å². The van der Waals surface area contributed by atoms with Crippen molar-refractivity contribution in [2.75, 3.05) is 13.2 Å². The van der Waals surface area contributed by atoms with E-state index in [0.29, 0.717) is 6.42 Å². The largest absolute Gasteiger partial charge is 0.394 e. The number of amides is 2. The maximum Gasteiger partial charge on any atom is 0.226 e. The van der Waals surface area contributed by atoms with Crippen molar-refractivity contribution in [3.8, 4) is 0 Å². The second kappa shape index (κ2) is 10.5. The minimum Gasteiger partial charge on any atom is -0.394 e. The summed E-state index contributed by atoms with van der Waals surface area (Å²) in [6, 6.07) is 16.5. The number of hydrogen-bond donors (Lipinski definition) is 4. The number of carbonyl (C=O) groups excluding carboxylic acids is 2. The molecule has 2 amide bonds. The molecular weight excluding hydrogens is 416 g/mol. The monoisotopic (exact) mass is 454 g/mol. The first kappa shape index (κ1) is 26.6. The van der Waals surface area contributed by atoms with Crippen molar-refractivity contribution >= 4 is 11.8 Å². The molecule has 4 N–H and O–H groups in total. The van der Waals surface area contributed by atoms with Gasteiger partial charge in [-0.25, -0.2) is 0 Å². The Morgan fingerprint density at radius 2 is 1.42 bits per heavy atom. The standard InChI is InChI=1S/C27H38N2O4/c1-25(2,3)23(32)28-22(17-30)20-14-12-19(13-15-20)16-26(4,5)24(33)29-27(6,18-31)21-10-8-7-9-11-21/h7-15,22,30-31H,16-18H2,1-6H3,(H,28,32)(H,29,33)/t22-,27?/m1/s1. The van der Waals surface area contributed by atoms with Gasteiger partial charge in [-0.1, -0.05) is 89.2 Å². The zero-order valence-corrected chi connectivity index (χ0v) is 20.6. The zero-order valence-electron chi connectivity index (χ0n) is 20.6. The molecule has 0 bridgehead atoms. The lowest BCUT2D eigenvalue weighted by Gasteiger charge is -2.34. The van der Waals surface area contributed by atoms with E-state index in [1.54, 1.807) is 0 Å². The number of aliphatic hydroxyl groups is 2. The van der Waals surface area contributed by atoms with E-state index in [2.05, 4.69) is 10.6 Å². The molecule has 0 saturated carbocycles. The maximum absolute atomic E-state index is 13.2. The van der Waals surface area contributed by atoms with Gasteiger partial charge in [0, 0.05) is 10.8 Å². The van der Waals surface area contributed by atoms with Crippen molar-refractivity contribution in [2.24, 2.45) is 10.8 Å². The summed E-state index contributed by atoms with van der Waals surface area (Å²) < 4.78 is 0. The molecule has 0 aliphatic heterocycles. The van der Waals surface area contributed by atoms with E-state index in [0.717, 1.165) is 16.7 Å². The van der Waals surface area contributed by atoms with Crippen molar-refractivity contribution in [3.63, 3.8) is 0 Å². The Bertz CT molecular complexity index is 933. The number of benzene rings is 2. The van der Waals surface area contributed by atoms with Crippen molar-refractivity contribution in [1.29, 1.82) is 0 Å². The Kier molecular flexibility index (Phi) is 8.44. The number of hydrogen-bond acceptors (Lipinski definition) is 4. The highest BCUT2D eigenvalue weighted by atomic mass is 16.3. The second-order valence-corrected chi connectivity index (χ2v) is 10.6. The van der Waals surface area contributed by atoms with Crippen LogP contribution in [0, 0.1) is 10.8 Å². The van der Waals surface area contributed by atoms with Crippen LogP contribution in [0.2, 0.25) is 0 Å². The highest BCUT2D eigenvalue weighted by molar-refractivity contribution is 5.83. The van der Waals surface area contributed by atoms with E-state index in [4.69, 9.17) is 0 Å². The quantitative estimate of drug-likeness (QED) is 0.466. The summed E-state index contributed by atoms with van der Waals surface area (Å²) in [6.07, 6.45) is 0.494. The van der Waals surface area contributed by atoms with E-state index < -0.39 is 22.4 Å². The van der Waals surface area contributed by atoms with Gasteiger partial charge in [-0.05, 0) is 30.0 Å². The fraction of sp³-hybridized carbons (Fsp3) is 0.481. The van der Waals surface area contributed by atoms with Crippen molar-refractivity contribution in [1.82, 2.24) is 10.6 Å². The van der Waals surface area contributed by atoms with Crippen LogP contribution in [0.4, 0.5) is 0 Å². The predicted octanol–water partition coefficient (Wildman–Crippen LogP) is 3.47. The molecule has 0 spiro atoms. The Balaban J connectivity index is 2.11. The van der Waals surface area contributed by atoms with Gasteiger partial charge in [-0.15, -0.1) is 0 Å². The molecule has 2 aromatic carbocycles. The van der Waals surface area contributed by atoms with Gasteiger partial charge in [0.25, 0.3) is 0 Å². The number of rotatable bonds is 9. The van der Waals surface area contributed by atoms with Gasteiger partial charge in [0.2, 0.25) is 11.8 Å². The van der Waals surface area contributed by atoms with Gasteiger partial charge in [0.05, 0.1) is 24.8 Å². The summed E-state index contributed by atoms with van der Waals surface area (Å²) in [7, 11) is 0. The van der Waals surface area contributed by atoms with Crippen LogP contribution in [0.1, 0.15) is 64.3 Å². The third-order valence-corrected chi connectivity index (χ3v) is 5.93. The van der Waals surface area contributed by atoms with Gasteiger partial charge >= 0.3 is 0 Å². The van der Waals surface area contributed by atoms with E-state index in [9.17, 15) is 19.8 Å². The Morgan fingerprint density at radius 3 is 1.91 bits per heavy atom. The van der Waals surface area contributed by atoms with Crippen LogP contribution in [0.5, 0.6) is 0 Å². The average Bonchev–Trinajstić information content (AvgIpc) is 2.77. The minimum atomic E-state index is -0.876. The molecule has 6 heteroatoms. The smallest absolute Gasteiger partial charge is 0.226 e. The first-order valence-corrected chi connectivity index (χ1v) is 11.3. The third-order valence-electron chi connectivity index (χ3n) is 5.93. The van der Waals surface area contributed by atoms with Crippen LogP contribution in [-0.4, -0.2) is 35.2 Å². The fourth-order valence-corrected chi connectivity index (χ4v) is 3.50. The van der Waals surface area contributed by atoms with Crippen LogP contribution in [-0.2, 0) is 21.5 Å². The lowest BCUT2D eigenvalue weighted by molar-refractivity contribution is -0.132. The van der Waals surface area contributed by atoms with Gasteiger partial charge in [0.1, 0.15) is 0 Å². The molecule has 0 saturated heterocycles. The molecule has 0 aliphatic rings. The van der Waals surface area contributed by atoms with Gasteiger partial charge in [0.15, 0.2) is 0 Å². The molecule has 2 aromatic rings. The summed E-state index contributed by atoms with van der Waals surface area (Å²) in [6.45, 7) is 10.6. The molecule has 6 nitrogen and oxygen atoms in total. The number of carbonyl (C=O) groups is 2. The molecule has 33 heavy (non-hydrogen) atoms. The van der Waals surface area contributed by atoms with E-state index >= 15 is 0 Å². The van der Waals surface area contributed by atoms with Crippen LogP contribution < -0.4 is 10.6 Å². The second-order valence-electron chi connectivity index (χ2n) is 10.6. The molecule has 0 aromatic heterocycles. The molecule has 0 fully saturated rings. The first-order valence-electron chi connectivity index (χ1n) is 11.3. The van der Waals surface area contributed by atoms with Gasteiger partial charge < -0.3 is 20.8 Å². The molecule has 2 atom stereocenters. The van der Waals surface area contributed by atoms with E-state index in [1.165, 1.54) is 0 Å². The summed E-state index contributed by atoms with van der Waals surface area (Å²) >= 11 is 0. The molecule has 0 radical (unpaired) electrons. The maximum atomic E-state index is 13.2. The Labute approximate surface area is 197 Å². The van der Waals surface area contributed by atoms with Crippen molar-refractivity contribution < 1.29 is 19.8 Å². The lowest BCUT2D eigenvalue weighted by atomic mass is 9.82. The lowest BCUT2D eigenvalue weighted by Crippen LogP contribution is -2.51. The first-order chi connectivity index (χ1) is 15.3. The third kappa shape index (κ3) is 6.89. The van der Waals surface area contributed by atoms with Crippen molar-refractivity contribution in [2.45, 2.75) is 59.5 Å².